The van der Waals surface area contributed by atoms with Crippen LogP contribution in [0.3, 0.4) is 0 Å². The third-order valence-electron chi connectivity index (χ3n) is 4.94. The van der Waals surface area contributed by atoms with Crippen LogP contribution in [0, 0.1) is 0 Å². The first-order valence-electron chi connectivity index (χ1n) is 8.85. The molecule has 1 saturated carbocycles. The van der Waals surface area contributed by atoms with Crippen molar-refractivity contribution in [3.63, 3.8) is 0 Å². The fourth-order valence-electron chi connectivity index (χ4n) is 3.66. The van der Waals surface area contributed by atoms with Crippen molar-refractivity contribution in [3.05, 3.63) is 34.4 Å². The van der Waals surface area contributed by atoms with E-state index in [1.807, 2.05) is 12.2 Å². The Morgan fingerprint density at radius 1 is 1.33 bits per heavy atom. The van der Waals surface area contributed by atoms with Gasteiger partial charge in [0.25, 0.3) is 0 Å². The number of ether oxygens (including phenoxy) is 3. The maximum Gasteiger partial charge on any atom is 0.338 e. The Balaban J connectivity index is 1.91. The molecule has 0 aromatic heterocycles. The highest BCUT2D eigenvalue weighted by molar-refractivity contribution is 6.31. The van der Waals surface area contributed by atoms with Gasteiger partial charge < -0.3 is 14.2 Å². The van der Waals surface area contributed by atoms with Gasteiger partial charge in [0.15, 0.2) is 11.9 Å². The van der Waals surface area contributed by atoms with Gasteiger partial charge in [0.1, 0.15) is 6.10 Å². The van der Waals surface area contributed by atoms with Gasteiger partial charge in [-0.3, -0.25) is 0 Å². The summed E-state index contributed by atoms with van der Waals surface area (Å²) in [5.74, 6) is -1.02. The van der Waals surface area contributed by atoms with Gasteiger partial charge in [-0.15, -0.1) is 0 Å². The van der Waals surface area contributed by atoms with Crippen LogP contribution in [0.4, 0.5) is 0 Å². The van der Waals surface area contributed by atoms with Crippen LogP contribution in [0.15, 0.2) is 34.4 Å². The molecule has 1 spiro atoms. The molecule has 5 heteroatoms. The number of carbonyl (C=O) groups is 1. The van der Waals surface area contributed by atoms with Crippen molar-refractivity contribution in [2.24, 2.45) is 0 Å². The first kappa shape index (κ1) is 17.7. The highest BCUT2D eigenvalue weighted by Crippen LogP contribution is 2.45. The molecular weight excluding hydrogens is 328 g/mol. The third kappa shape index (κ3) is 3.46. The normalized spacial score (nSPS) is 29.0. The molecule has 0 aromatic carbocycles. The molecule has 3 aliphatic rings. The smallest absolute Gasteiger partial charge is 0.338 e. The average Bonchev–Trinajstić information content (AvgIpc) is 3.13. The molecule has 24 heavy (non-hydrogen) atoms. The molecule has 1 saturated heterocycles. The molecule has 0 aromatic rings. The van der Waals surface area contributed by atoms with Gasteiger partial charge in [-0.2, -0.15) is 0 Å². The SMILES string of the molecule is CCOC(=O)C1OC2(CCCC2)OC1C1=C(Cl)C=CC=C(CC)C1. The van der Waals surface area contributed by atoms with Crippen LogP contribution in [0.25, 0.3) is 0 Å². The number of rotatable bonds is 4. The van der Waals surface area contributed by atoms with E-state index < -0.39 is 18.0 Å². The van der Waals surface area contributed by atoms with Gasteiger partial charge >= 0.3 is 5.97 Å². The van der Waals surface area contributed by atoms with Gasteiger partial charge in [-0.05, 0) is 44.3 Å². The van der Waals surface area contributed by atoms with Crippen molar-refractivity contribution in [1.29, 1.82) is 0 Å². The summed E-state index contributed by atoms with van der Waals surface area (Å²) in [7, 11) is 0. The third-order valence-corrected chi connectivity index (χ3v) is 5.31. The van der Waals surface area contributed by atoms with Gasteiger partial charge in [0.2, 0.25) is 0 Å². The van der Waals surface area contributed by atoms with E-state index >= 15 is 0 Å². The van der Waals surface area contributed by atoms with Crippen molar-refractivity contribution < 1.29 is 19.0 Å². The number of allylic oxidation sites excluding steroid dienone is 5. The van der Waals surface area contributed by atoms with Gasteiger partial charge in [0, 0.05) is 17.9 Å². The van der Waals surface area contributed by atoms with Crippen molar-refractivity contribution in [2.45, 2.75) is 70.4 Å². The average molecular weight is 353 g/mol. The zero-order valence-electron chi connectivity index (χ0n) is 14.3. The van der Waals surface area contributed by atoms with E-state index in [1.165, 1.54) is 5.57 Å². The highest BCUT2D eigenvalue weighted by Gasteiger charge is 2.53. The van der Waals surface area contributed by atoms with Crippen molar-refractivity contribution >= 4 is 17.6 Å². The molecular formula is C19H25ClO4. The summed E-state index contributed by atoms with van der Waals surface area (Å²) in [6.07, 6.45) is 10.0. The Morgan fingerprint density at radius 3 is 2.75 bits per heavy atom. The molecule has 0 N–H and O–H groups in total. The summed E-state index contributed by atoms with van der Waals surface area (Å²) in [6.45, 7) is 4.24. The van der Waals surface area contributed by atoms with Crippen LogP contribution in [0.1, 0.15) is 52.4 Å². The summed E-state index contributed by atoms with van der Waals surface area (Å²) >= 11 is 6.50. The molecule has 2 aliphatic carbocycles. The van der Waals surface area contributed by atoms with Crippen molar-refractivity contribution in [1.82, 2.24) is 0 Å². The van der Waals surface area contributed by atoms with E-state index in [-0.39, 0.29) is 5.97 Å². The molecule has 2 unspecified atom stereocenters. The number of esters is 1. The summed E-state index contributed by atoms with van der Waals surface area (Å²) in [4.78, 5) is 12.5. The minimum Gasteiger partial charge on any atom is -0.464 e. The first-order chi connectivity index (χ1) is 11.6. The maximum absolute atomic E-state index is 12.5. The zero-order chi connectivity index (χ0) is 17.2. The molecule has 0 bridgehead atoms. The molecule has 0 radical (unpaired) electrons. The van der Waals surface area contributed by atoms with Crippen LogP contribution < -0.4 is 0 Å². The minimum atomic E-state index is -0.739. The van der Waals surface area contributed by atoms with Crippen LogP contribution in [0.5, 0.6) is 0 Å². The predicted octanol–water partition coefficient (Wildman–Crippen LogP) is 4.39. The quantitative estimate of drug-likeness (QED) is 0.704. The van der Waals surface area contributed by atoms with Gasteiger partial charge in [0.05, 0.1) is 6.61 Å². The molecule has 2 atom stereocenters. The zero-order valence-corrected chi connectivity index (χ0v) is 15.1. The van der Waals surface area contributed by atoms with Crippen molar-refractivity contribution in [3.8, 4) is 0 Å². The second kappa shape index (κ2) is 7.42. The van der Waals surface area contributed by atoms with E-state index in [0.29, 0.717) is 18.1 Å². The molecule has 3 rings (SSSR count). The number of hydrogen-bond donors (Lipinski definition) is 0. The Kier molecular flexibility index (Phi) is 5.48. The maximum atomic E-state index is 12.5. The lowest BCUT2D eigenvalue weighted by Gasteiger charge is -2.23. The van der Waals surface area contributed by atoms with Crippen LogP contribution in [-0.4, -0.2) is 30.6 Å². The fraction of sp³-hybridized carbons (Fsp3) is 0.632. The highest BCUT2D eigenvalue weighted by atomic mass is 35.5. The molecule has 2 fully saturated rings. The number of carbonyl (C=O) groups excluding carboxylic acids is 1. The second-order valence-corrected chi connectivity index (χ2v) is 6.94. The Morgan fingerprint density at radius 2 is 2.08 bits per heavy atom. The lowest BCUT2D eigenvalue weighted by atomic mass is 9.96. The predicted molar refractivity (Wildman–Crippen MR) is 92.6 cm³/mol. The summed E-state index contributed by atoms with van der Waals surface area (Å²) < 4.78 is 17.7. The lowest BCUT2D eigenvalue weighted by Crippen LogP contribution is -2.35. The molecule has 1 heterocycles. The Labute approximate surface area is 148 Å². The van der Waals surface area contributed by atoms with Gasteiger partial charge in [-0.1, -0.05) is 36.2 Å². The fourth-order valence-corrected chi connectivity index (χ4v) is 3.90. The Hall–Kier alpha value is -1.10. The summed E-state index contributed by atoms with van der Waals surface area (Å²) in [6, 6.07) is 0. The molecule has 4 nitrogen and oxygen atoms in total. The van der Waals surface area contributed by atoms with E-state index in [1.54, 1.807) is 6.92 Å². The monoisotopic (exact) mass is 352 g/mol. The Bertz CT molecular complexity index is 584. The summed E-state index contributed by atoms with van der Waals surface area (Å²) in [5.41, 5.74) is 2.18. The van der Waals surface area contributed by atoms with Crippen molar-refractivity contribution in [2.75, 3.05) is 6.61 Å². The molecule has 1 aliphatic heterocycles. The van der Waals surface area contributed by atoms with Crippen LogP contribution in [0.2, 0.25) is 0 Å². The van der Waals surface area contributed by atoms with Crippen LogP contribution in [-0.2, 0) is 19.0 Å². The standard InChI is InChI=1S/C19H25ClO4/c1-3-13-8-7-9-15(20)14(12-13)16-17(18(21)22-4-2)24-19(23-16)10-5-6-11-19/h7-9,16-17H,3-6,10-12H2,1-2H3. The number of halogens is 1. The summed E-state index contributed by atoms with van der Waals surface area (Å²) in [5, 5.41) is 0.632. The largest absolute Gasteiger partial charge is 0.464 e. The van der Waals surface area contributed by atoms with E-state index in [4.69, 9.17) is 25.8 Å². The van der Waals surface area contributed by atoms with E-state index in [9.17, 15) is 4.79 Å². The molecule has 0 amide bonds. The van der Waals surface area contributed by atoms with E-state index in [2.05, 4.69) is 13.0 Å². The lowest BCUT2D eigenvalue weighted by molar-refractivity contribution is -0.180. The van der Waals surface area contributed by atoms with E-state index in [0.717, 1.165) is 37.7 Å². The number of hydrogen-bond acceptors (Lipinski definition) is 4. The first-order valence-corrected chi connectivity index (χ1v) is 9.23. The molecule has 132 valence electrons. The van der Waals surface area contributed by atoms with Crippen LogP contribution >= 0.6 is 11.6 Å². The van der Waals surface area contributed by atoms with Gasteiger partial charge in [-0.25, -0.2) is 4.79 Å². The second-order valence-electron chi connectivity index (χ2n) is 6.53. The topological polar surface area (TPSA) is 44.8 Å². The minimum absolute atomic E-state index is 0.325.